The summed E-state index contributed by atoms with van der Waals surface area (Å²) in [4.78, 5) is 7.60. The van der Waals surface area contributed by atoms with Crippen molar-refractivity contribution in [3.05, 3.63) is 12.0 Å². The molecule has 0 amide bonds. The number of aromatic nitrogens is 2. The molecule has 1 saturated heterocycles. The number of imidazole rings is 1. The van der Waals surface area contributed by atoms with E-state index >= 15 is 0 Å². The zero-order chi connectivity index (χ0) is 16.3. The van der Waals surface area contributed by atoms with E-state index in [1.165, 1.54) is 17.8 Å². The highest BCUT2D eigenvalue weighted by Gasteiger charge is 2.54. The first-order valence-corrected chi connectivity index (χ1v) is 6.57. The summed E-state index contributed by atoms with van der Waals surface area (Å²) < 4.78 is 6.90. The monoisotopic (exact) mass is 314 g/mol. The Morgan fingerprint density at radius 1 is 1.50 bits per heavy atom. The molecule has 3 rings (SSSR count). The number of nitrogens with two attached hydrogens (primary N) is 2. The van der Waals surface area contributed by atoms with Crippen molar-refractivity contribution in [1.82, 2.24) is 9.55 Å². The minimum Gasteiger partial charge on any atom is -0.394 e. The van der Waals surface area contributed by atoms with Crippen LogP contribution in [-0.2, 0) is 16.3 Å². The summed E-state index contributed by atoms with van der Waals surface area (Å²) in [5, 5.41) is 42.2. The average Bonchev–Trinajstić information content (AvgIpc) is 2.94. The fraction of sp³-hybridized carbons (Fsp3) is 0.636. The molecule has 2 aliphatic rings. The van der Waals surface area contributed by atoms with Crippen LogP contribution >= 0.6 is 0 Å². The molecule has 1 aromatic rings. The first-order chi connectivity index (χ1) is 10.2. The van der Waals surface area contributed by atoms with Gasteiger partial charge in [0.05, 0.1) is 12.9 Å². The fourth-order valence-electron chi connectivity index (χ4n) is 2.77. The van der Waals surface area contributed by atoms with Gasteiger partial charge in [-0.2, -0.15) is 4.99 Å². The molecule has 0 radical (unpaired) electrons. The van der Waals surface area contributed by atoms with Crippen molar-refractivity contribution in [3.63, 3.8) is 0 Å². The zero-order valence-electron chi connectivity index (χ0n) is 11.7. The van der Waals surface area contributed by atoms with Crippen molar-refractivity contribution >= 4 is 11.8 Å². The molecule has 9 N–H and O–H groups in total. The summed E-state index contributed by atoms with van der Waals surface area (Å²) in [5.74, 6) is -2.09. The maximum Gasteiger partial charge on any atom is 0.262 e. The molecule has 0 saturated carbocycles. The molecule has 122 valence electrons. The van der Waals surface area contributed by atoms with Gasteiger partial charge in [-0.05, 0) is 6.92 Å². The van der Waals surface area contributed by atoms with E-state index in [2.05, 4.69) is 15.3 Å². The van der Waals surface area contributed by atoms with Crippen LogP contribution < -0.4 is 16.8 Å². The summed E-state index contributed by atoms with van der Waals surface area (Å²) in [7, 11) is 0. The van der Waals surface area contributed by atoms with Crippen LogP contribution in [0.1, 0.15) is 12.6 Å². The Labute approximate surface area is 124 Å². The summed E-state index contributed by atoms with van der Waals surface area (Å²) in [6, 6.07) is 0. The Kier molecular flexibility index (Phi) is 3.18. The molecule has 3 heterocycles. The van der Waals surface area contributed by atoms with E-state index < -0.39 is 36.5 Å². The van der Waals surface area contributed by atoms with Gasteiger partial charge in [0.2, 0.25) is 0 Å². The molecule has 2 aliphatic heterocycles. The number of anilines is 1. The number of guanidine groups is 1. The molecule has 22 heavy (non-hydrogen) atoms. The molecule has 0 bridgehead atoms. The van der Waals surface area contributed by atoms with E-state index in [9.17, 15) is 20.4 Å². The van der Waals surface area contributed by atoms with E-state index in [-0.39, 0.29) is 17.5 Å². The SMILES string of the molecule is C[C@@]1(n2cnc3c2NC(N)=NC3(N)O)O[C@H](CO)[C@@H](O)[C@H]1O. The van der Waals surface area contributed by atoms with Crippen molar-refractivity contribution in [1.29, 1.82) is 0 Å². The number of aliphatic imine (C=N–C) groups is 1. The van der Waals surface area contributed by atoms with Crippen molar-refractivity contribution < 1.29 is 25.2 Å². The molecule has 11 nitrogen and oxygen atoms in total. The van der Waals surface area contributed by atoms with Gasteiger partial charge in [-0.15, -0.1) is 0 Å². The number of hydrogen-bond acceptors (Lipinski definition) is 10. The number of fused-ring (bicyclic) bond motifs is 1. The first-order valence-electron chi connectivity index (χ1n) is 6.57. The normalized spacial score (nSPS) is 41.0. The number of nitrogens with one attached hydrogen (secondary N) is 1. The van der Waals surface area contributed by atoms with Gasteiger partial charge in [-0.1, -0.05) is 0 Å². The van der Waals surface area contributed by atoms with Crippen molar-refractivity contribution in [2.45, 2.75) is 36.8 Å². The highest BCUT2D eigenvalue weighted by Crippen LogP contribution is 2.40. The van der Waals surface area contributed by atoms with Crippen molar-refractivity contribution in [2.75, 3.05) is 11.9 Å². The Morgan fingerprint density at radius 2 is 2.18 bits per heavy atom. The molecule has 0 aromatic carbocycles. The number of ether oxygens (including phenoxy) is 1. The second kappa shape index (κ2) is 4.62. The lowest BCUT2D eigenvalue weighted by Crippen LogP contribution is -2.47. The lowest BCUT2D eigenvalue weighted by atomic mass is 10.0. The van der Waals surface area contributed by atoms with E-state index in [0.717, 1.165) is 0 Å². The van der Waals surface area contributed by atoms with Crippen LogP contribution in [0.15, 0.2) is 11.3 Å². The van der Waals surface area contributed by atoms with E-state index in [4.69, 9.17) is 16.2 Å². The predicted molar refractivity (Wildman–Crippen MR) is 73.2 cm³/mol. The summed E-state index contributed by atoms with van der Waals surface area (Å²) in [6.45, 7) is 1.03. The zero-order valence-corrected chi connectivity index (χ0v) is 11.7. The average molecular weight is 314 g/mol. The third kappa shape index (κ3) is 1.91. The summed E-state index contributed by atoms with van der Waals surface area (Å²) in [5.41, 5.74) is 9.74. The molecule has 0 aliphatic carbocycles. The van der Waals surface area contributed by atoms with Crippen LogP contribution in [0, 0.1) is 0 Å². The summed E-state index contributed by atoms with van der Waals surface area (Å²) >= 11 is 0. The van der Waals surface area contributed by atoms with Crippen LogP contribution in [0.3, 0.4) is 0 Å². The first kappa shape index (κ1) is 15.1. The lowest BCUT2D eigenvalue weighted by Gasteiger charge is -2.33. The van der Waals surface area contributed by atoms with Crippen LogP contribution in [0.5, 0.6) is 0 Å². The molecular weight excluding hydrogens is 296 g/mol. The van der Waals surface area contributed by atoms with E-state index in [1.807, 2.05) is 0 Å². The van der Waals surface area contributed by atoms with Crippen LogP contribution in [0.2, 0.25) is 0 Å². The standard InChI is InChI=1S/C11H18N6O5/c1-10(7(20)5(19)4(2-18)22-10)17-3-14-6-8(17)15-9(12)16-11(6,13)21/h3-5,7,18-21H,2,13H2,1H3,(H3,12,15,16)/t4-,5-,7-,10-,11?/m1/s1. The molecular formula is C11H18N6O5. The molecule has 1 aromatic heterocycles. The minimum absolute atomic E-state index is 0.0133. The second-order valence-electron chi connectivity index (χ2n) is 5.49. The van der Waals surface area contributed by atoms with Gasteiger partial charge < -0.3 is 36.2 Å². The van der Waals surface area contributed by atoms with Gasteiger partial charge in [-0.3, -0.25) is 10.3 Å². The Hall–Kier alpha value is -1.76. The Balaban J connectivity index is 2.07. The number of rotatable bonds is 2. The number of hydrogen-bond donors (Lipinski definition) is 7. The molecule has 1 fully saturated rings. The molecule has 1 unspecified atom stereocenters. The number of nitrogens with zero attached hydrogens (tertiary/aromatic N) is 3. The van der Waals surface area contributed by atoms with Crippen molar-refractivity contribution in [3.8, 4) is 0 Å². The van der Waals surface area contributed by atoms with Crippen LogP contribution in [0.25, 0.3) is 0 Å². The van der Waals surface area contributed by atoms with Gasteiger partial charge in [-0.25, -0.2) is 4.98 Å². The van der Waals surface area contributed by atoms with Gasteiger partial charge in [0.15, 0.2) is 17.4 Å². The van der Waals surface area contributed by atoms with Crippen LogP contribution in [-0.4, -0.2) is 60.9 Å². The second-order valence-corrected chi connectivity index (χ2v) is 5.49. The maximum absolute atomic E-state index is 10.3. The van der Waals surface area contributed by atoms with Gasteiger partial charge >= 0.3 is 0 Å². The molecule has 11 heteroatoms. The highest BCUT2D eigenvalue weighted by atomic mass is 16.6. The van der Waals surface area contributed by atoms with Crippen LogP contribution in [0.4, 0.5) is 5.82 Å². The fourth-order valence-corrected chi connectivity index (χ4v) is 2.77. The molecule has 0 spiro atoms. The smallest absolute Gasteiger partial charge is 0.262 e. The number of aliphatic hydroxyl groups excluding tert-OH is 3. The highest BCUT2D eigenvalue weighted by molar-refractivity contribution is 5.94. The van der Waals surface area contributed by atoms with E-state index in [1.54, 1.807) is 0 Å². The van der Waals surface area contributed by atoms with Gasteiger partial charge in [0.1, 0.15) is 24.1 Å². The van der Waals surface area contributed by atoms with E-state index in [0.29, 0.717) is 0 Å². The number of aliphatic hydroxyl groups is 4. The Bertz CT molecular complexity index is 630. The topological polar surface area (TPSA) is 184 Å². The maximum atomic E-state index is 10.3. The largest absolute Gasteiger partial charge is 0.394 e. The van der Waals surface area contributed by atoms with Gasteiger partial charge in [0.25, 0.3) is 5.85 Å². The third-order valence-electron chi connectivity index (χ3n) is 3.95. The minimum atomic E-state index is -2.12. The Morgan fingerprint density at radius 3 is 2.77 bits per heavy atom. The third-order valence-corrected chi connectivity index (χ3v) is 3.95. The quantitative estimate of drug-likeness (QED) is 0.272. The van der Waals surface area contributed by atoms with Gasteiger partial charge in [0, 0.05) is 0 Å². The lowest BCUT2D eigenvalue weighted by molar-refractivity contribution is -0.133. The molecule has 5 atom stereocenters. The van der Waals surface area contributed by atoms with Crippen molar-refractivity contribution in [2.24, 2.45) is 16.5 Å². The summed E-state index contributed by atoms with van der Waals surface area (Å²) in [6.07, 6.45) is -2.35. The predicted octanol–water partition coefficient (Wildman–Crippen LogP) is -3.53.